The molecule has 0 radical (unpaired) electrons. The molecule has 0 aromatic heterocycles. The zero-order chi connectivity index (χ0) is 12.3. The van der Waals surface area contributed by atoms with Crippen molar-refractivity contribution in [2.75, 3.05) is 25.7 Å². The Morgan fingerprint density at radius 1 is 1.41 bits per heavy atom. The molecule has 1 aliphatic rings. The molecule has 1 fully saturated rings. The molecular formula is C13H17NO3. The Bertz CT molecular complexity index is 405. The third-order valence-corrected chi connectivity index (χ3v) is 3.09. The minimum Gasteiger partial charge on any atom is -0.467 e. The summed E-state index contributed by atoms with van der Waals surface area (Å²) < 4.78 is 9.96. The lowest BCUT2D eigenvalue weighted by atomic mass is 10.00. The molecule has 92 valence electrons. The molecule has 0 bridgehead atoms. The van der Waals surface area contributed by atoms with Crippen LogP contribution in [0.4, 0.5) is 5.69 Å². The maximum Gasteiger partial charge on any atom is 0.328 e. The lowest BCUT2D eigenvalue weighted by Crippen LogP contribution is -2.53. The summed E-state index contributed by atoms with van der Waals surface area (Å²) in [6.45, 7) is 1.45. The van der Waals surface area contributed by atoms with Crippen LogP contribution in [0.1, 0.15) is 12.0 Å². The number of benzene rings is 1. The SMILES string of the molecule is COCc1ccccc1N1CCC1C(=O)OC. The minimum absolute atomic E-state index is 0.141. The largest absolute Gasteiger partial charge is 0.467 e. The van der Waals surface area contributed by atoms with E-state index in [4.69, 9.17) is 9.47 Å². The van der Waals surface area contributed by atoms with Gasteiger partial charge in [0.2, 0.25) is 0 Å². The van der Waals surface area contributed by atoms with Crippen LogP contribution in [-0.4, -0.2) is 32.8 Å². The molecule has 1 saturated heterocycles. The first-order chi connectivity index (χ1) is 8.27. The van der Waals surface area contributed by atoms with Gasteiger partial charge in [0.1, 0.15) is 6.04 Å². The standard InChI is InChI=1S/C13H17NO3/c1-16-9-10-5-3-4-6-11(10)14-8-7-12(14)13(15)17-2/h3-6,12H,7-9H2,1-2H3. The monoisotopic (exact) mass is 235 g/mol. The van der Waals surface area contributed by atoms with Gasteiger partial charge in [0.15, 0.2) is 0 Å². The van der Waals surface area contributed by atoms with E-state index in [-0.39, 0.29) is 12.0 Å². The van der Waals surface area contributed by atoms with Gasteiger partial charge >= 0.3 is 5.97 Å². The number of nitrogens with zero attached hydrogens (tertiary/aromatic N) is 1. The van der Waals surface area contributed by atoms with Crippen molar-refractivity contribution in [3.63, 3.8) is 0 Å². The fourth-order valence-electron chi connectivity index (χ4n) is 2.13. The van der Waals surface area contributed by atoms with Crippen LogP contribution >= 0.6 is 0 Å². The summed E-state index contributed by atoms with van der Waals surface area (Å²) in [5.41, 5.74) is 2.17. The van der Waals surface area contributed by atoms with E-state index >= 15 is 0 Å². The number of methoxy groups -OCH3 is 2. The minimum atomic E-state index is -0.163. The van der Waals surface area contributed by atoms with Crippen LogP contribution < -0.4 is 4.90 Å². The van der Waals surface area contributed by atoms with E-state index in [0.717, 1.165) is 24.2 Å². The summed E-state index contributed by atoms with van der Waals surface area (Å²) in [6.07, 6.45) is 0.855. The number of ether oxygens (including phenoxy) is 2. The second kappa shape index (κ2) is 5.19. The molecule has 0 N–H and O–H groups in total. The summed E-state index contributed by atoms with van der Waals surface area (Å²) >= 11 is 0. The Hall–Kier alpha value is -1.55. The van der Waals surface area contributed by atoms with Crippen LogP contribution in [0.15, 0.2) is 24.3 Å². The number of carbonyl (C=O) groups is 1. The molecule has 0 aliphatic carbocycles. The summed E-state index contributed by atoms with van der Waals surface area (Å²) in [7, 11) is 3.10. The molecule has 0 spiro atoms. The number of esters is 1. The van der Waals surface area contributed by atoms with Crippen LogP contribution in [0.3, 0.4) is 0 Å². The van der Waals surface area contributed by atoms with Crippen LogP contribution in [-0.2, 0) is 20.9 Å². The zero-order valence-corrected chi connectivity index (χ0v) is 10.2. The molecule has 0 saturated carbocycles. The fourth-order valence-corrected chi connectivity index (χ4v) is 2.13. The van der Waals surface area contributed by atoms with Crippen molar-refractivity contribution in [1.82, 2.24) is 0 Å². The highest BCUT2D eigenvalue weighted by Crippen LogP contribution is 2.30. The van der Waals surface area contributed by atoms with Crippen LogP contribution in [0.2, 0.25) is 0 Å². The Morgan fingerprint density at radius 3 is 2.76 bits per heavy atom. The third-order valence-electron chi connectivity index (χ3n) is 3.09. The normalized spacial score (nSPS) is 18.7. The first kappa shape index (κ1) is 11.9. The van der Waals surface area contributed by atoms with Gasteiger partial charge < -0.3 is 14.4 Å². The molecule has 1 unspecified atom stereocenters. The maximum absolute atomic E-state index is 11.6. The lowest BCUT2D eigenvalue weighted by Gasteiger charge is -2.41. The van der Waals surface area contributed by atoms with E-state index in [1.807, 2.05) is 24.3 Å². The van der Waals surface area contributed by atoms with Crippen molar-refractivity contribution in [1.29, 1.82) is 0 Å². The van der Waals surface area contributed by atoms with Crippen molar-refractivity contribution in [2.24, 2.45) is 0 Å². The van der Waals surface area contributed by atoms with E-state index in [9.17, 15) is 4.79 Å². The van der Waals surface area contributed by atoms with E-state index in [2.05, 4.69) is 4.90 Å². The molecule has 1 aromatic carbocycles. The van der Waals surface area contributed by atoms with Crippen molar-refractivity contribution in [3.8, 4) is 0 Å². The Morgan fingerprint density at radius 2 is 2.18 bits per heavy atom. The molecule has 17 heavy (non-hydrogen) atoms. The van der Waals surface area contributed by atoms with Gasteiger partial charge in [-0.3, -0.25) is 0 Å². The van der Waals surface area contributed by atoms with Gasteiger partial charge in [0.25, 0.3) is 0 Å². The summed E-state index contributed by atoms with van der Waals surface area (Å²) in [6, 6.07) is 7.85. The number of rotatable bonds is 4. The second-order valence-electron chi connectivity index (χ2n) is 4.08. The van der Waals surface area contributed by atoms with Gasteiger partial charge in [0.05, 0.1) is 13.7 Å². The van der Waals surface area contributed by atoms with Crippen LogP contribution in [0, 0.1) is 0 Å². The van der Waals surface area contributed by atoms with Crippen LogP contribution in [0.25, 0.3) is 0 Å². The molecule has 4 nitrogen and oxygen atoms in total. The lowest BCUT2D eigenvalue weighted by molar-refractivity contribution is -0.143. The first-order valence-corrected chi connectivity index (χ1v) is 5.69. The summed E-state index contributed by atoms with van der Waals surface area (Å²) in [4.78, 5) is 13.6. The average Bonchev–Trinajstić information content (AvgIpc) is 2.30. The smallest absolute Gasteiger partial charge is 0.328 e. The topological polar surface area (TPSA) is 38.8 Å². The van der Waals surface area contributed by atoms with Crippen LogP contribution in [0.5, 0.6) is 0 Å². The molecule has 1 heterocycles. The first-order valence-electron chi connectivity index (χ1n) is 5.69. The number of carbonyl (C=O) groups excluding carboxylic acids is 1. The Kier molecular flexibility index (Phi) is 3.64. The highest BCUT2D eigenvalue weighted by molar-refractivity contribution is 5.82. The van der Waals surface area contributed by atoms with Crippen molar-refractivity contribution in [3.05, 3.63) is 29.8 Å². The maximum atomic E-state index is 11.6. The van der Waals surface area contributed by atoms with E-state index in [1.165, 1.54) is 7.11 Å². The predicted molar refractivity (Wildman–Crippen MR) is 64.9 cm³/mol. The second-order valence-corrected chi connectivity index (χ2v) is 4.08. The van der Waals surface area contributed by atoms with E-state index in [1.54, 1.807) is 7.11 Å². The Labute approximate surface area is 101 Å². The number of hydrogen-bond donors (Lipinski definition) is 0. The van der Waals surface area contributed by atoms with E-state index in [0.29, 0.717) is 6.61 Å². The fraction of sp³-hybridized carbons (Fsp3) is 0.462. The zero-order valence-electron chi connectivity index (χ0n) is 10.2. The molecule has 4 heteroatoms. The van der Waals surface area contributed by atoms with Gasteiger partial charge in [-0.1, -0.05) is 18.2 Å². The summed E-state index contributed by atoms with van der Waals surface area (Å²) in [5.74, 6) is -0.163. The molecule has 1 aliphatic heterocycles. The summed E-state index contributed by atoms with van der Waals surface area (Å²) in [5, 5.41) is 0. The average molecular weight is 235 g/mol. The number of para-hydroxylation sites is 1. The van der Waals surface area contributed by atoms with Gasteiger partial charge in [-0.25, -0.2) is 4.79 Å². The highest BCUT2D eigenvalue weighted by Gasteiger charge is 2.35. The molecule has 1 atom stereocenters. The van der Waals surface area contributed by atoms with Gasteiger partial charge in [-0.15, -0.1) is 0 Å². The van der Waals surface area contributed by atoms with Crippen molar-refractivity contribution >= 4 is 11.7 Å². The number of hydrogen-bond acceptors (Lipinski definition) is 4. The third kappa shape index (κ3) is 2.26. The van der Waals surface area contributed by atoms with Gasteiger partial charge in [-0.2, -0.15) is 0 Å². The quantitative estimate of drug-likeness (QED) is 0.743. The molecule has 2 rings (SSSR count). The predicted octanol–water partition coefficient (Wildman–Crippen LogP) is 1.58. The van der Waals surface area contributed by atoms with Gasteiger partial charge in [-0.05, 0) is 12.5 Å². The molecule has 1 aromatic rings. The number of anilines is 1. The Balaban J connectivity index is 2.19. The highest BCUT2D eigenvalue weighted by atomic mass is 16.5. The van der Waals surface area contributed by atoms with Gasteiger partial charge in [0, 0.05) is 24.9 Å². The van der Waals surface area contributed by atoms with Crippen molar-refractivity contribution < 1.29 is 14.3 Å². The molecule has 0 amide bonds. The van der Waals surface area contributed by atoms with E-state index < -0.39 is 0 Å². The molecular weight excluding hydrogens is 218 g/mol. The van der Waals surface area contributed by atoms with Crippen molar-refractivity contribution in [2.45, 2.75) is 19.1 Å².